The molecule has 88 valence electrons. The fraction of sp³-hybridized carbons (Fsp3) is 0.444. The van der Waals surface area contributed by atoms with Crippen LogP contribution in [0, 0.1) is 0 Å². The van der Waals surface area contributed by atoms with Crippen molar-refractivity contribution in [2.45, 2.75) is 19.4 Å². The molecule has 16 heavy (non-hydrogen) atoms. The van der Waals surface area contributed by atoms with Crippen LogP contribution in [0.15, 0.2) is 12.3 Å². The molecule has 0 fully saturated rings. The predicted molar refractivity (Wildman–Crippen MR) is 57.3 cm³/mol. The Labute approximate surface area is 97.5 Å². The monoisotopic (exact) mass is 246 g/mol. The zero-order chi connectivity index (χ0) is 11.8. The Morgan fingerprint density at radius 2 is 2.44 bits per heavy atom. The van der Waals surface area contributed by atoms with E-state index >= 15 is 0 Å². The Balaban J connectivity index is 2.45. The molecule has 2 heterocycles. The summed E-state index contributed by atoms with van der Waals surface area (Å²) in [4.78, 5) is 2.47. The van der Waals surface area contributed by atoms with E-state index in [-0.39, 0.29) is 17.7 Å². The molecule has 0 saturated heterocycles. The van der Waals surface area contributed by atoms with Crippen LogP contribution in [0.5, 0.6) is 5.88 Å². The highest BCUT2D eigenvalue weighted by molar-refractivity contribution is 6.30. The lowest BCUT2D eigenvalue weighted by Gasteiger charge is -2.18. The maximum absolute atomic E-state index is 9.75. The van der Waals surface area contributed by atoms with Gasteiger partial charge in [0.05, 0.1) is 16.5 Å². The van der Waals surface area contributed by atoms with Gasteiger partial charge in [0, 0.05) is 12.3 Å². The number of hydrogen-bond donors (Lipinski definition) is 3. The van der Waals surface area contributed by atoms with Gasteiger partial charge in [0.25, 0.3) is 11.6 Å². The lowest BCUT2D eigenvalue weighted by atomic mass is 10.3. The highest BCUT2D eigenvalue weighted by Crippen LogP contribution is 2.32. The first-order valence-electron chi connectivity index (χ1n) is 4.95. The topological polar surface area (TPSA) is 74.6 Å². The standard InChI is InChI=1S/C9H13ClN3O3/c1-2-7-5-12-13(14,15)8-3-6(10)4-11-9(8)16-7/h3-4,7,12,14-15H,2,5H2,1H3/q+1/t7-/m1/s1. The average molecular weight is 247 g/mol. The molecule has 1 aliphatic rings. The Hall–Kier alpha value is -0.920. The zero-order valence-corrected chi connectivity index (χ0v) is 9.48. The Morgan fingerprint density at radius 1 is 1.69 bits per heavy atom. The number of ether oxygens (including phenoxy) is 1. The molecule has 2 rings (SSSR count). The molecule has 0 radical (unpaired) electrons. The molecule has 0 amide bonds. The van der Waals surface area contributed by atoms with Crippen molar-refractivity contribution >= 4 is 17.3 Å². The summed E-state index contributed by atoms with van der Waals surface area (Å²) in [5.41, 5.74) is 2.60. The largest absolute Gasteiger partial charge is 0.468 e. The third-order valence-electron chi connectivity index (χ3n) is 2.41. The lowest BCUT2D eigenvalue weighted by molar-refractivity contribution is -0.324. The van der Waals surface area contributed by atoms with Crippen molar-refractivity contribution in [1.29, 1.82) is 0 Å². The summed E-state index contributed by atoms with van der Waals surface area (Å²) in [6.45, 7) is 2.24. The minimum atomic E-state index is -1.47. The van der Waals surface area contributed by atoms with Gasteiger partial charge in [-0.3, -0.25) is 0 Å². The van der Waals surface area contributed by atoms with E-state index < -0.39 is 4.92 Å². The van der Waals surface area contributed by atoms with E-state index in [4.69, 9.17) is 16.3 Å². The van der Waals surface area contributed by atoms with Crippen LogP contribution in [-0.4, -0.2) is 28.0 Å². The van der Waals surface area contributed by atoms with Crippen LogP contribution in [0.2, 0.25) is 5.02 Å². The lowest BCUT2D eigenvalue weighted by Crippen LogP contribution is -2.55. The Bertz CT molecular complexity index is 400. The third-order valence-corrected chi connectivity index (χ3v) is 2.61. The highest BCUT2D eigenvalue weighted by atomic mass is 35.5. The van der Waals surface area contributed by atoms with E-state index in [1.165, 1.54) is 12.3 Å². The van der Waals surface area contributed by atoms with E-state index in [1.54, 1.807) is 0 Å². The molecular weight excluding hydrogens is 234 g/mol. The number of pyridine rings is 1. The Kier molecular flexibility index (Phi) is 3.00. The van der Waals surface area contributed by atoms with Crippen LogP contribution in [0.3, 0.4) is 0 Å². The van der Waals surface area contributed by atoms with Gasteiger partial charge in [-0.1, -0.05) is 24.0 Å². The molecule has 0 unspecified atom stereocenters. The quantitative estimate of drug-likeness (QED) is 0.655. The summed E-state index contributed by atoms with van der Waals surface area (Å²) >= 11 is 5.75. The summed E-state index contributed by atoms with van der Waals surface area (Å²) < 4.78 is 5.53. The number of rotatable bonds is 1. The normalized spacial score (nSPS) is 23.1. The van der Waals surface area contributed by atoms with Gasteiger partial charge in [-0.05, 0) is 6.42 Å². The highest BCUT2D eigenvalue weighted by Gasteiger charge is 2.37. The molecule has 0 bridgehead atoms. The van der Waals surface area contributed by atoms with E-state index in [9.17, 15) is 10.4 Å². The molecule has 1 aromatic heterocycles. The fourth-order valence-electron chi connectivity index (χ4n) is 1.47. The molecule has 1 aromatic rings. The van der Waals surface area contributed by atoms with Crippen molar-refractivity contribution in [3.63, 3.8) is 0 Å². The first-order chi connectivity index (χ1) is 7.53. The summed E-state index contributed by atoms with van der Waals surface area (Å²) in [5.74, 6) is 0.172. The maximum Gasteiger partial charge on any atom is 0.286 e. The SMILES string of the molecule is CC[C@@H]1CN[N+](O)(O)c2cc(Cl)cnc2O1. The van der Waals surface area contributed by atoms with Gasteiger partial charge < -0.3 is 4.74 Å². The molecule has 6 nitrogen and oxygen atoms in total. The second kappa shape index (κ2) is 4.15. The first-order valence-corrected chi connectivity index (χ1v) is 5.33. The van der Waals surface area contributed by atoms with Gasteiger partial charge in [0.1, 0.15) is 6.10 Å². The zero-order valence-electron chi connectivity index (χ0n) is 8.72. The maximum atomic E-state index is 9.75. The number of fused-ring (bicyclic) bond motifs is 1. The average Bonchev–Trinajstić information content (AvgIpc) is 2.37. The number of quaternary nitrogens is 1. The predicted octanol–water partition coefficient (Wildman–Crippen LogP) is 1.50. The minimum absolute atomic E-state index is 0.0726. The van der Waals surface area contributed by atoms with Crippen molar-refractivity contribution < 1.29 is 15.2 Å². The van der Waals surface area contributed by atoms with E-state index in [0.717, 1.165) is 6.42 Å². The van der Waals surface area contributed by atoms with Gasteiger partial charge in [0.15, 0.2) is 0 Å². The number of halogens is 1. The second-order valence-corrected chi connectivity index (χ2v) is 4.03. The molecule has 1 aliphatic heterocycles. The molecular formula is C9H13ClN3O3+. The van der Waals surface area contributed by atoms with Gasteiger partial charge in [-0.25, -0.2) is 4.98 Å². The number of aromatic nitrogens is 1. The smallest absolute Gasteiger partial charge is 0.286 e. The van der Waals surface area contributed by atoms with Crippen LogP contribution in [0.1, 0.15) is 13.3 Å². The van der Waals surface area contributed by atoms with Gasteiger partial charge >= 0.3 is 0 Å². The van der Waals surface area contributed by atoms with E-state index in [1.807, 2.05) is 6.92 Å². The summed E-state index contributed by atoms with van der Waals surface area (Å²) in [6.07, 6.45) is 1.97. The van der Waals surface area contributed by atoms with Gasteiger partial charge in [-0.15, -0.1) is 0 Å². The summed E-state index contributed by atoms with van der Waals surface area (Å²) in [7, 11) is 0. The molecule has 3 N–H and O–H groups in total. The molecule has 0 saturated carbocycles. The van der Waals surface area contributed by atoms with Crippen molar-refractivity contribution in [2.24, 2.45) is 0 Å². The number of nitrogens with one attached hydrogen (secondary N) is 1. The number of nitrogens with zero attached hydrogens (tertiary/aromatic N) is 2. The van der Waals surface area contributed by atoms with Crippen molar-refractivity contribution in [1.82, 2.24) is 15.3 Å². The Morgan fingerprint density at radius 3 is 3.12 bits per heavy atom. The van der Waals surface area contributed by atoms with Crippen molar-refractivity contribution in [2.75, 3.05) is 6.54 Å². The van der Waals surface area contributed by atoms with Gasteiger partial charge in [-0.2, -0.15) is 10.4 Å². The van der Waals surface area contributed by atoms with Crippen LogP contribution >= 0.6 is 11.6 Å². The summed E-state index contributed by atoms with van der Waals surface area (Å²) in [6, 6.07) is 1.40. The summed E-state index contributed by atoms with van der Waals surface area (Å²) in [5, 5.41) is 19.8. The van der Waals surface area contributed by atoms with E-state index in [0.29, 0.717) is 11.6 Å². The van der Waals surface area contributed by atoms with E-state index in [2.05, 4.69) is 10.4 Å². The van der Waals surface area contributed by atoms with Crippen molar-refractivity contribution in [3.8, 4) is 5.88 Å². The molecule has 0 spiro atoms. The second-order valence-electron chi connectivity index (χ2n) is 3.59. The van der Waals surface area contributed by atoms with Crippen LogP contribution in [0.25, 0.3) is 0 Å². The molecule has 0 aliphatic carbocycles. The minimum Gasteiger partial charge on any atom is -0.468 e. The van der Waals surface area contributed by atoms with Crippen LogP contribution in [0.4, 0.5) is 5.69 Å². The molecule has 7 heteroatoms. The first kappa shape index (κ1) is 11.6. The van der Waals surface area contributed by atoms with Crippen molar-refractivity contribution in [3.05, 3.63) is 17.3 Å². The molecule has 0 aromatic carbocycles. The van der Waals surface area contributed by atoms with Crippen LogP contribution < -0.4 is 15.1 Å². The third kappa shape index (κ3) is 2.11. The van der Waals surface area contributed by atoms with Gasteiger partial charge in [0.2, 0.25) is 0 Å². The fourth-order valence-corrected chi connectivity index (χ4v) is 1.62. The number of hydrogen-bond acceptors (Lipinski definition) is 5. The van der Waals surface area contributed by atoms with Crippen LogP contribution in [-0.2, 0) is 0 Å². The molecule has 1 atom stereocenters.